The molecule has 2 fully saturated rings. The Labute approximate surface area is 138 Å². The second-order valence-electron chi connectivity index (χ2n) is 6.58. The lowest BCUT2D eigenvalue weighted by Gasteiger charge is -2.25. The van der Waals surface area contributed by atoms with Gasteiger partial charge in [-0.2, -0.15) is 0 Å². The Kier molecular flexibility index (Phi) is 5.81. The third-order valence-corrected chi connectivity index (χ3v) is 4.68. The summed E-state index contributed by atoms with van der Waals surface area (Å²) in [6.45, 7) is 2.11. The van der Waals surface area contributed by atoms with Crippen molar-refractivity contribution in [3.05, 3.63) is 41.7 Å². The second kappa shape index (κ2) is 8.25. The summed E-state index contributed by atoms with van der Waals surface area (Å²) in [5, 5.41) is 0. The first-order valence-electron chi connectivity index (χ1n) is 8.80. The minimum Gasteiger partial charge on any atom is -0.376 e. The molecule has 3 rings (SSSR count). The van der Waals surface area contributed by atoms with Crippen LogP contribution in [0.15, 0.2) is 36.2 Å². The van der Waals surface area contributed by atoms with Gasteiger partial charge in [-0.3, -0.25) is 9.78 Å². The largest absolute Gasteiger partial charge is 0.376 e. The maximum Gasteiger partial charge on any atom is 0.246 e. The Balaban J connectivity index is 1.68. The van der Waals surface area contributed by atoms with Gasteiger partial charge >= 0.3 is 0 Å². The fourth-order valence-electron chi connectivity index (χ4n) is 3.39. The molecule has 1 atom stereocenters. The van der Waals surface area contributed by atoms with Gasteiger partial charge in [0.25, 0.3) is 0 Å². The van der Waals surface area contributed by atoms with Crippen molar-refractivity contribution in [2.45, 2.75) is 57.6 Å². The van der Waals surface area contributed by atoms with E-state index < -0.39 is 0 Å². The first-order valence-corrected chi connectivity index (χ1v) is 8.80. The van der Waals surface area contributed by atoms with Crippen molar-refractivity contribution in [2.75, 3.05) is 13.2 Å². The molecule has 4 heteroatoms. The minimum absolute atomic E-state index is 0.126. The third-order valence-electron chi connectivity index (χ3n) is 4.68. The molecule has 4 nitrogen and oxygen atoms in total. The predicted octanol–water partition coefficient (Wildman–Crippen LogP) is 3.48. The number of allylic oxidation sites excluding steroid dienone is 1. The summed E-state index contributed by atoms with van der Waals surface area (Å²) in [6.07, 6.45) is 13.7. The van der Waals surface area contributed by atoms with E-state index in [1.165, 1.54) is 24.8 Å². The van der Waals surface area contributed by atoms with E-state index in [0.29, 0.717) is 13.1 Å². The normalized spacial score (nSPS) is 21.2. The molecule has 0 bridgehead atoms. The SMILES string of the molecule is O=C(C=C1CCCCC1)N(Cc1cccnc1)C[C@@H]1CCCO1. The number of carbonyl (C=O) groups is 1. The molecule has 1 aliphatic heterocycles. The zero-order chi connectivity index (χ0) is 15.9. The monoisotopic (exact) mass is 314 g/mol. The number of nitrogens with zero attached hydrogens (tertiary/aromatic N) is 2. The Morgan fingerprint density at radius 2 is 2.17 bits per heavy atom. The van der Waals surface area contributed by atoms with Gasteiger partial charge in [0.05, 0.1) is 6.10 Å². The molecule has 2 heterocycles. The van der Waals surface area contributed by atoms with Gasteiger partial charge in [-0.1, -0.05) is 18.1 Å². The first kappa shape index (κ1) is 16.2. The van der Waals surface area contributed by atoms with Crippen LogP contribution in [0, 0.1) is 0 Å². The van der Waals surface area contributed by atoms with E-state index in [2.05, 4.69) is 4.98 Å². The molecular weight excluding hydrogens is 288 g/mol. The van der Waals surface area contributed by atoms with Crippen LogP contribution in [0.4, 0.5) is 0 Å². The number of hydrogen-bond acceptors (Lipinski definition) is 3. The molecule has 0 aromatic carbocycles. The molecular formula is C19H26N2O2. The number of amides is 1. The highest BCUT2D eigenvalue weighted by Crippen LogP contribution is 2.23. The molecule has 1 aromatic heterocycles. The number of pyridine rings is 1. The molecule has 0 radical (unpaired) electrons. The molecule has 1 saturated carbocycles. The topological polar surface area (TPSA) is 42.4 Å². The van der Waals surface area contributed by atoms with Crippen LogP contribution in [0.2, 0.25) is 0 Å². The van der Waals surface area contributed by atoms with Crippen molar-refractivity contribution >= 4 is 5.91 Å². The van der Waals surface area contributed by atoms with Crippen molar-refractivity contribution < 1.29 is 9.53 Å². The first-order chi connectivity index (χ1) is 11.3. The van der Waals surface area contributed by atoms with Crippen molar-refractivity contribution in [1.29, 1.82) is 0 Å². The van der Waals surface area contributed by atoms with Crippen molar-refractivity contribution in [1.82, 2.24) is 9.88 Å². The average Bonchev–Trinajstić information content (AvgIpc) is 3.09. The number of ether oxygens (including phenoxy) is 1. The standard InChI is InChI=1S/C19H26N2O2/c22-19(12-16-6-2-1-3-7-16)21(15-18-9-5-11-23-18)14-17-8-4-10-20-13-17/h4,8,10,12-13,18H,1-3,5-7,9,11,14-15H2/t18-/m0/s1. The van der Waals surface area contributed by atoms with Crippen LogP contribution < -0.4 is 0 Å². The van der Waals surface area contributed by atoms with Crippen LogP contribution in [0.1, 0.15) is 50.5 Å². The second-order valence-corrected chi connectivity index (χ2v) is 6.58. The molecule has 2 aliphatic rings. The molecule has 1 saturated heterocycles. The molecule has 0 spiro atoms. The van der Waals surface area contributed by atoms with E-state index in [4.69, 9.17) is 4.74 Å². The quantitative estimate of drug-likeness (QED) is 0.781. The predicted molar refractivity (Wildman–Crippen MR) is 89.8 cm³/mol. The van der Waals surface area contributed by atoms with Gasteiger partial charge < -0.3 is 9.64 Å². The molecule has 1 amide bonds. The van der Waals surface area contributed by atoms with E-state index >= 15 is 0 Å². The Bertz CT molecular complexity index is 528. The Morgan fingerprint density at radius 1 is 1.30 bits per heavy atom. The van der Waals surface area contributed by atoms with Gasteiger partial charge in [0, 0.05) is 38.2 Å². The molecule has 23 heavy (non-hydrogen) atoms. The summed E-state index contributed by atoms with van der Waals surface area (Å²) in [4.78, 5) is 18.9. The average molecular weight is 314 g/mol. The lowest BCUT2D eigenvalue weighted by Crippen LogP contribution is -2.36. The van der Waals surface area contributed by atoms with Gasteiger partial charge in [-0.05, 0) is 50.2 Å². The minimum atomic E-state index is 0.126. The summed E-state index contributed by atoms with van der Waals surface area (Å²) in [6, 6.07) is 3.94. The maximum absolute atomic E-state index is 12.8. The third kappa shape index (κ3) is 4.90. The van der Waals surface area contributed by atoms with Gasteiger partial charge in [0.15, 0.2) is 0 Å². The lowest BCUT2D eigenvalue weighted by molar-refractivity contribution is -0.128. The van der Waals surface area contributed by atoms with Crippen molar-refractivity contribution in [3.63, 3.8) is 0 Å². The summed E-state index contributed by atoms with van der Waals surface area (Å²) in [5.41, 5.74) is 2.38. The summed E-state index contributed by atoms with van der Waals surface area (Å²) in [7, 11) is 0. The zero-order valence-corrected chi connectivity index (χ0v) is 13.7. The van der Waals surface area contributed by atoms with Gasteiger partial charge in [0.1, 0.15) is 0 Å². The summed E-state index contributed by atoms with van der Waals surface area (Å²) >= 11 is 0. The fourth-order valence-corrected chi connectivity index (χ4v) is 3.39. The van der Waals surface area contributed by atoms with Crippen LogP contribution >= 0.6 is 0 Å². The van der Waals surface area contributed by atoms with E-state index in [-0.39, 0.29) is 12.0 Å². The number of hydrogen-bond donors (Lipinski definition) is 0. The van der Waals surface area contributed by atoms with E-state index in [9.17, 15) is 4.79 Å². The van der Waals surface area contributed by atoms with Gasteiger partial charge in [-0.15, -0.1) is 0 Å². The number of aromatic nitrogens is 1. The molecule has 0 N–H and O–H groups in total. The van der Waals surface area contributed by atoms with Crippen LogP contribution in [-0.4, -0.2) is 35.0 Å². The van der Waals surface area contributed by atoms with E-state index in [1.54, 1.807) is 6.20 Å². The van der Waals surface area contributed by atoms with E-state index in [0.717, 1.165) is 37.9 Å². The molecule has 0 unspecified atom stereocenters. The zero-order valence-electron chi connectivity index (χ0n) is 13.7. The highest BCUT2D eigenvalue weighted by molar-refractivity contribution is 5.88. The van der Waals surface area contributed by atoms with Crippen LogP contribution in [-0.2, 0) is 16.1 Å². The van der Waals surface area contributed by atoms with Gasteiger partial charge in [-0.25, -0.2) is 0 Å². The van der Waals surface area contributed by atoms with Crippen molar-refractivity contribution in [2.24, 2.45) is 0 Å². The van der Waals surface area contributed by atoms with Gasteiger partial charge in [0.2, 0.25) is 5.91 Å². The fraction of sp³-hybridized carbons (Fsp3) is 0.579. The number of carbonyl (C=O) groups excluding carboxylic acids is 1. The summed E-state index contributed by atoms with van der Waals surface area (Å²) < 4.78 is 5.73. The summed E-state index contributed by atoms with van der Waals surface area (Å²) in [5.74, 6) is 0.126. The van der Waals surface area contributed by atoms with Crippen LogP contribution in [0.25, 0.3) is 0 Å². The molecule has 1 aromatic rings. The Hall–Kier alpha value is -1.68. The molecule has 124 valence electrons. The van der Waals surface area contributed by atoms with Crippen LogP contribution in [0.5, 0.6) is 0 Å². The lowest BCUT2D eigenvalue weighted by atomic mass is 9.94. The molecule has 1 aliphatic carbocycles. The van der Waals surface area contributed by atoms with Crippen LogP contribution in [0.3, 0.4) is 0 Å². The van der Waals surface area contributed by atoms with E-state index in [1.807, 2.05) is 29.3 Å². The maximum atomic E-state index is 12.8. The smallest absolute Gasteiger partial charge is 0.246 e. The van der Waals surface area contributed by atoms with Crippen molar-refractivity contribution in [3.8, 4) is 0 Å². The Morgan fingerprint density at radius 3 is 2.87 bits per heavy atom. The highest BCUT2D eigenvalue weighted by Gasteiger charge is 2.22. The number of rotatable bonds is 5. The highest BCUT2D eigenvalue weighted by atomic mass is 16.5.